The first kappa shape index (κ1) is 13.5. The molecule has 1 aromatic carbocycles. The predicted octanol–water partition coefficient (Wildman–Crippen LogP) is 1.52. The van der Waals surface area contributed by atoms with Crippen LogP contribution in [0.2, 0.25) is 0 Å². The first-order chi connectivity index (χ1) is 8.04. The summed E-state index contributed by atoms with van der Waals surface area (Å²) in [5.74, 6) is -0.224. The SMILES string of the molecule is COCC(C)NC(=O)C(C)c1cccc(N)c1. The molecule has 0 bridgehead atoms. The Hall–Kier alpha value is -1.55. The summed E-state index contributed by atoms with van der Waals surface area (Å²) >= 11 is 0. The zero-order valence-electron chi connectivity index (χ0n) is 10.6. The molecular weight excluding hydrogens is 216 g/mol. The smallest absolute Gasteiger partial charge is 0.227 e. The maximum atomic E-state index is 11.9. The highest BCUT2D eigenvalue weighted by Gasteiger charge is 2.16. The van der Waals surface area contributed by atoms with Crippen LogP contribution in [0.1, 0.15) is 25.3 Å². The fraction of sp³-hybridized carbons (Fsp3) is 0.462. The van der Waals surface area contributed by atoms with E-state index in [-0.39, 0.29) is 17.9 Å². The minimum Gasteiger partial charge on any atom is -0.399 e. The number of anilines is 1. The number of ether oxygens (including phenoxy) is 1. The van der Waals surface area contributed by atoms with E-state index in [2.05, 4.69) is 5.32 Å². The van der Waals surface area contributed by atoms with E-state index in [4.69, 9.17) is 10.5 Å². The number of nitrogens with two attached hydrogens (primary N) is 1. The van der Waals surface area contributed by atoms with E-state index < -0.39 is 0 Å². The maximum Gasteiger partial charge on any atom is 0.227 e. The molecule has 94 valence electrons. The summed E-state index contributed by atoms with van der Waals surface area (Å²) in [6, 6.07) is 7.40. The number of carbonyl (C=O) groups excluding carboxylic acids is 1. The topological polar surface area (TPSA) is 64.3 Å². The van der Waals surface area contributed by atoms with Gasteiger partial charge >= 0.3 is 0 Å². The molecule has 0 aliphatic carbocycles. The van der Waals surface area contributed by atoms with Crippen LogP contribution in [0, 0.1) is 0 Å². The second-order valence-electron chi connectivity index (χ2n) is 4.26. The van der Waals surface area contributed by atoms with Gasteiger partial charge in [0.25, 0.3) is 0 Å². The van der Waals surface area contributed by atoms with Gasteiger partial charge in [0.2, 0.25) is 5.91 Å². The summed E-state index contributed by atoms with van der Waals surface area (Å²) in [6.45, 7) is 4.28. The van der Waals surface area contributed by atoms with Crippen LogP contribution in [0.3, 0.4) is 0 Å². The van der Waals surface area contributed by atoms with E-state index in [0.717, 1.165) is 5.56 Å². The van der Waals surface area contributed by atoms with Crippen molar-refractivity contribution in [3.05, 3.63) is 29.8 Å². The largest absolute Gasteiger partial charge is 0.399 e. The summed E-state index contributed by atoms with van der Waals surface area (Å²) in [7, 11) is 1.62. The molecule has 2 atom stereocenters. The van der Waals surface area contributed by atoms with Gasteiger partial charge in [-0.2, -0.15) is 0 Å². The van der Waals surface area contributed by atoms with E-state index in [0.29, 0.717) is 12.3 Å². The molecule has 1 aromatic rings. The molecule has 0 saturated carbocycles. The van der Waals surface area contributed by atoms with Crippen molar-refractivity contribution in [2.24, 2.45) is 0 Å². The van der Waals surface area contributed by atoms with E-state index in [1.807, 2.05) is 38.1 Å². The minimum absolute atomic E-state index is 0.0102. The van der Waals surface area contributed by atoms with Crippen molar-refractivity contribution in [1.82, 2.24) is 5.32 Å². The number of amides is 1. The normalized spacial score (nSPS) is 14.1. The lowest BCUT2D eigenvalue weighted by Gasteiger charge is -2.17. The number of nitrogen functional groups attached to an aromatic ring is 1. The van der Waals surface area contributed by atoms with Gasteiger partial charge in [0.15, 0.2) is 0 Å². The molecule has 0 saturated heterocycles. The lowest BCUT2D eigenvalue weighted by molar-refractivity contribution is -0.123. The predicted molar refractivity (Wildman–Crippen MR) is 68.8 cm³/mol. The van der Waals surface area contributed by atoms with Crippen LogP contribution in [-0.4, -0.2) is 25.7 Å². The molecule has 0 aliphatic rings. The highest BCUT2D eigenvalue weighted by molar-refractivity contribution is 5.83. The third-order valence-corrected chi connectivity index (χ3v) is 2.61. The Kier molecular flexibility index (Phi) is 4.97. The van der Waals surface area contributed by atoms with Crippen LogP contribution in [0.25, 0.3) is 0 Å². The molecule has 1 rings (SSSR count). The molecule has 0 aliphatic heterocycles. The van der Waals surface area contributed by atoms with E-state index >= 15 is 0 Å². The summed E-state index contributed by atoms with van der Waals surface area (Å²) in [5.41, 5.74) is 7.29. The van der Waals surface area contributed by atoms with E-state index in [1.165, 1.54) is 0 Å². The minimum atomic E-state index is -0.210. The van der Waals surface area contributed by atoms with Gasteiger partial charge in [0.05, 0.1) is 12.5 Å². The van der Waals surface area contributed by atoms with Crippen LogP contribution in [0.4, 0.5) is 5.69 Å². The highest BCUT2D eigenvalue weighted by Crippen LogP contribution is 2.17. The Labute approximate surface area is 102 Å². The van der Waals surface area contributed by atoms with Crippen molar-refractivity contribution in [3.8, 4) is 0 Å². The zero-order valence-corrected chi connectivity index (χ0v) is 10.6. The number of hydrogen-bond donors (Lipinski definition) is 2. The average Bonchev–Trinajstić information content (AvgIpc) is 2.28. The van der Waals surface area contributed by atoms with Gasteiger partial charge in [0, 0.05) is 18.8 Å². The molecule has 0 fully saturated rings. The zero-order chi connectivity index (χ0) is 12.8. The van der Waals surface area contributed by atoms with Crippen molar-refractivity contribution >= 4 is 11.6 Å². The molecule has 1 amide bonds. The maximum absolute atomic E-state index is 11.9. The number of hydrogen-bond acceptors (Lipinski definition) is 3. The van der Waals surface area contributed by atoms with Crippen molar-refractivity contribution < 1.29 is 9.53 Å². The lowest BCUT2D eigenvalue weighted by Crippen LogP contribution is -2.38. The van der Waals surface area contributed by atoms with Crippen LogP contribution in [-0.2, 0) is 9.53 Å². The first-order valence-electron chi connectivity index (χ1n) is 5.69. The van der Waals surface area contributed by atoms with Crippen LogP contribution in [0.15, 0.2) is 24.3 Å². The summed E-state index contributed by atoms with van der Waals surface area (Å²) in [4.78, 5) is 11.9. The standard InChI is InChI=1S/C13H20N2O2/c1-9(8-17-3)15-13(16)10(2)11-5-4-6-12(14)7-11/h4-7,9-10H,8,14H2,1-3H3,(H,15,16). The first-order valence-corrected chi connectivity index (χ1v) is 5.69. The van der Waals surface area contributed by atoms with Gasteiger partial charge in [-0.3, -0.25) is 4.79 Å². The van der Waals surface area contributed by atoms with Crippen LogP contribution < -0.4 is 11.1 Å². The number of carbonyl (C=O) groups is 1. The molecule has 0 spiro atoms. The average molecular weight is 236 g/mol. The molecule has 4 heteroatoms. The Balaban J connectivity index is 2.63. The Morgan fingerprint density at radius 2 is 2.18 bits per heavy atom. The summed E-state index contributed by atoms with van der Waals surface area (Å²) in [6.07, 6.45) is 0. The van der Waals surface area contributed by atoms with Gasteiger partial charge in [-0.05, 0) is 31.5 Å². The number of benzene rings is 1. The molecule has 3 N–H and O–H groups in total. The monoisotopic (exact) mass is 236 g/mol. The van der Waals surface area contributed by atoms with Gasteiger partial charge in [-0.25, -0.2) is 0 Å². The molecule has 0 radical (unpaired) electrons. The van der Waals surface area contributed by atoms with Gasteiger partial charge < -0.3 is 15.8 Å². The summed E-state index contributed by atoms with van der Waals surface area (Å²) in [5, 5.41) is 2.89. The lowest BCUT2D eigenvalue weighted by atomic mass is 9.99. The highest BCUT2D eigenvalue weighted by atomic mass is 16.5. The number of methoxy groups -OCH3 is 1. The quantitative estimate of drug-likeness (QED) is 0.762. The molecule has 0 aromatic heterocycles. The second kappa shape index (κ2) is 6.25. The van der Waals surface area contributed by atoms with Crippen LogP contribution in [0.5, 0.6) is 0 Å². The van der Waals surface area contributed by atoms with Crippen molar-refractivity contribution in [2.75, 3.05) is 19.5 Å². The van der Waals surface area contributed by atoms with Crippen LogP contribution >= 0.6 is 0 Å². The van der Waals surface area contributed by atoms with Crippen molar-refractivity contribution in [2.45, 2.75) is 25.8 Å². The third-order valence-electron chi connectivity index (χ3n) is 2.61. The second-order valence-corrected chi connectivity index (χ2v) is 4.26. The Morgan fingerprint density at radius 3 is 2.76 bits per heavy atom. The fourth-order valence-electron chi connectivity index (χ4n) is 1.64. The molecule has 2 unspecified atom stereocenters. The third kappa shape index (κ3) is 4.07. The molecule has 0 heterocycles. The van der Waals surface area contributed by atoms with E-state index in [9.17, 15) is 4.79 Å². The van der Waals surface area contributed by atoms with Gasteiger partial charge in [-0.1, -0.05) is 12.1 Å². The number of rotatable bonds is 5. The van der Waals surface area contributed by atoms with Crippen molar-refractivity contribution in [3.63, 3.8) is 0 Å². The molecule has 4 nitrogen and oxygen atoms in total. The summed E-state index contributed by atoms with van der Waals surface area (Å²) < 4.78 is 4.97. The Bertz CT molecular complexity index is 379. The fourth-order valence-corrected chi connectivity index (χ4v) is 1.64. The molecular formula is C13H20N2O2. The van der Waals surface area contributed by atoms with E-state index in [1.54, 1.807) is 7.11 Å². The molecule has 17 heavy (non-hydrogen) atoms. The van der Waals surface area contributed by atoms with Crippen molar-refractivity contribution in [1.29, 1.82) is 0 Å². The number of nitrogens with one attached hydrogen (secondary N) is 1. The van der Waals surface area contributed by atoms with Gasteiger partial charge in [0.1, 0.15) is 0 Å². The Morgan fingerprint density at radius 1 is 1.47 bits per heavy atom. The van der Waals surface area contributed by atoms with Gasteiger partial charge in [-0.15, -0.1) is 0 Å².